The van der Waals surface area contributed by atoms with Gasteiger partial charge in [-0.1, -0.05) is 0 Å². The molecular weight excluding hydrogens is 185 g/mol. The fourth-order valence-corrected chi connectivity index (χ4v) is 1.78. The fourth-order valence-electron chi connectivity index (χ4n) is 1.78. The van der Waals surface area contributed by atoms with Crippen LogP contribution in [-0.2, 0) is 12.7 Å². The standard InChI is InChI=1S/C8H14FN5/c1-14-12-7(11-13-14)8(9)4-2-6(10)3-5-8/h6H,2-5,10H2,1H3. The van der Waals surface area contributed by atoms with Gasteiger partial charge >= 0.3 is 0 Å². The van der Waals surface area contributed by atoms with E-state index in [0.29, 0.717) is 25.7 Å². The number of nitrogens with two attached hydrogens (primary N) is 1. The summed E-state index contributed by atoms with van der Waals surface area (Å²) in [5, 5.41) is 11.3. The Morgan fingerprint density at radius 3 is 2.64 bits per heavy atom. The summed E-state index contributed by atoms with van der Waals surface area (Å²) >= 11 is 0. The summed E-state index contributed by atoms with van der Waals surface area (Å²) in [6.45, 7) is 0. The smallest absolute Gasteiger partial charge is 0.211 e. The Balaban J connectivity index is 2.16. The molecule has 0 spiro atoms. The minimum atomic E-state index is -1.41. The summed E-state index contributed by atoms with van der Waals surface area (Å²) in [7, 11) is 1.63. The lowest BCUT2D eigenvalue weighted by Crippen LogP contribution is -2.34. The topological polar surface area (TPSA) is 69.6 Å². The SMILES string of the molecule is Cn1nnc(C2(F)CCC(N)CC2)n1. The predicted octanol–water partition coefficient (Wildman–Crippen LogP) is 0.276. The zero-order chi connectivity index (χ0) is 10.2. The van der Waals surface area contributed by atoms with Gasteiger partial charge in [-0.3, -0.25) is 0 Å². The van der Waals surface area contributed by atoms with Crippen LogP contribution in [-0.4, -0.2) is 26.2 Å². The molecule has 0 saturated heterocycles. The molecule has 0 radical (unpaired) electrons. The summed E-state index contributed by atoms with van der Waals surface area (Å²) in [4.78, 5) is 1.28. The van der Waals surface area contributed by atoms with Crippen LogP contribution in [0.5, 0.6) is 0 Å². The van der Waals surface area contributed by atoms with Gasteiger partial charge < -0.3 is 5.73 Å². The van der Waals surface area contributed by atoms with Crippen molar-refractivity contribution >= 4 is 0 Å². The van der Waals surface area contributed by atoms with Crippen LogP contribution in [0.15, 0.2) is 0 Å². The highest BCUT2D eigenvalue weighted by Gasteiger charge is 2.39. The van der Waals surface area contributed by atoms with Gasteiger partial charge in [-0.25, -0.2) is 4.39 Å². The molecule has 1 aromatic heterocycles. The average molecular weight is 199 g/mol. The number of alkyl halides is 1. The average Bonchev–Trinajstić information content (AvgIpc) is 2.58. The summed E-state index contributed by atoms with van der Waals surface area (Å²) < 4.78 is 14.3. The van der Waals surface area contributed by atoms with Crippen molar-refractivity contribution in [2.75, 3.05) is 0 Å². The van der Waals surface area contributed by atoms with Gasteiger partial charge in [0.1, 0.15) is 0 Å². The van der Waals surface area contributed by atoms with Gasteiger partial charge in [-0.05, 0) is 30.9 Å². The van der Waals surface area contributed by atoms with Gasteiger partial charge in [0.25, 0.3) is 0 Å². The van der Waals surface area contributed by atoms with Crippen LogP contribution in [0.4, 0.5) is 4.39 Å². The molecule has 14 heavy (non-hydrogen) atoms. The monoisotopic (exact) mass is 199 g/mol. The summed E-state index contributed by atoms with van der Waals surface area (Å²) in [5.41, 5.74) is 4.30. The number of tetrazole rings is 1. The number of aryl methyl sites for hydroxylation is 1. The van der Waals surface area contributed by atoms with E-state index in [-0.39, 0.29) is 11.9 Å². The second-order valence-corrected chi connectivity index (χ2v) is 3.91. The van der Waals surface area contributed by atoms with Crippen LogP contribution in [0.25, 0.3) is 0 Å². The molecule has 5 nitrogen and oxygen atoms in total. The van der Waals surface area contributed by atoms with E-state index >= 15 is 0 Å². The molecule has 1 aliphatic carbocycles. The normalized spacial score (nSPS) is 33.2. The molecule has 0 atom stereocenters. The minimum absolute atomic E-state index is 0.121. The molecule has 0 amide bonds. The zero-order valence-corrected chi connectivity index (χ0v) is 8.15. The van der Waals surface area contributed by atoms with Crippen molar-refractivity contribution < 1.29 is 4.39 Å². The summed E-state index contributed by atoms with van der Waals surface area (Å²) in [6, 6.07) is 0.121. The first-order valence-corrected chi connectivity index (χ1v) is 4.79. The van der Waals surface area contributed by atoms with E-state index in [1.54, 1.807) is 7.05 Å². The second kappa shape index (κ2) is 3.27. The minimum Gasteiger partial charge on any atom is -0.328 e. The van der Waals surface area contributed by atoms with Crippen LogP contribution in [0.3, 0.4) is 0 Å². The molecule has 0 bridgehead atoms. The van der Waals surface area contributed by atoms with Crippen molar-refractivity contribution in [2.45, 2.75) is 37.4 Å². The molecule has 78 valence electrons. The molecule has 0 aromatic carbocycles. The van der Waals surface area contributed by atoms with E-state index in [1.165, 1.54) is 4.80 Å². The third-order valence-corrected chi connectivity index (χ3v) is 2.73. The summed E-state index contributed by atoms with van der Waals surface area (Å²) in [6.07, 6.45) is 2.18. The maximum atomic E-state index is 14.3. The van der Waals surface area contributed by atoms with Crippen molar-refractivity contribution in [3.05, 3.63) is 5.82 Å². The number of hydrogen-bond acceptors (Lipinski definition) is 4. The predicted molar refractivity (Wildman–Crippen MR) is 48.0 cm³/mol. The third kappa shape index (κ3) is 1.61. The zero-order valence-electron chi connectivity index (χ0n) is 8.15. The molecule has 1 heterocycles. The van der Waals surface area contributed by atoms with E-state index in [1.807, 2.05) is 0 Å². The molecular formula is C8H14FN5. The Morgan fingerprint density at radius 2 is 2.14 bits per heavy atom. The maximum absolute atomic E-state index is 14.3. The van der Waals surface area contributed by atoms with E-state index in [0.717, 1.165) is 0 Å². The molecule has 2 N–H and O–H groups in total. The quantitative estimate of drug-likeness (QED) is 0.705. The Kier molecular flexibility index (Phi) is 2.22. The highest BCUT2D eigenvalue weighted by atomic mass is 19.1. The Morgan fingerprint density at radius 1 is 1.50 bits per heavy atom. The van der Waals surface area contributed by atoms with Gasteiger partial charge in [0, 0.05) is 6.04 Å². The van der Waals surface area contributed by atoms with Crippen molar-refractivity contribution in [3.8, 4) is 0 Å². The van der Waals surface area contributed by atoms with Crippen LogP contribution >= 0.6 is 0 Å². The Hall–Kier alpha value is -1.04. The van der Waals surface area contributed by atoms with Crippen LogP contribution in [0, 0.1) is 0 Å². The number of rotatable bonds is 1. The molecule has 2 rings (SSSR count). The van der Waals surface area contributed by atoms with Gasteiger partial charge in [0.05, 0.1) is 7.05 Å². The van der Waals surface area contributed by atoms with E-state index in [4.69, 9.17) is 5.73 Å². The molecule has 0 unspecified atom stereocenters. The first-order valence-electron chi connectivity index (χ1n) is 4.79. The van der Waals surface area contributed by atoms with Crippen molar-refractivity contribution in [1.82, 2.24) is 20.2 Å². The summed E-state index contributed by atoms with van der Waals surface area (Å²) in [5.74, 6) is 0.201. The molecule has 1 saturated carbocycles. The lowest BCUT2D eigenvalue weighted by Gasteiger charge is -2.29. The molecule has 0 aliphatic heterocycles. The van der Waals surface area contributed by atoms with Crippen molar-refractivity contribution in [1.29, 1.82) is 0 Å². The second-order valence-electron chi connectivity index (χ2n) is 3.91. The number of nitrogens with zero attached hydrogens (tertiary/aromatic N) is 4. The van der Waals surface area contributed by atoms with Gasteiger partial charge in [-0.15, -0.1) is 10.2 Å². The molecule has 6 heteroatoms. The molecule has 1 fully saturated rings. The maximum Gasteiger partial charge on any atom is 0.211 e. The van der Waals surface area contributed by atoms with Crippen LogP contribution in [0.2, 0.25) is 0 Å². The first kappa shape index (κ1) is 9.51. The van der Waals surface area contributed by atoms with E-state index < -0.39 is 5.67 Å². The molecule has 1 aromatic rings. The van der Waals surface area contributed by atoms with E-state index in [2.05, 4.69) is 15.4 Å². The van der Waals surface area contributed by atoms with E-state index in [9.17, 15) is 4.39 Å². The van der Waals surface area contributed by atoms with Crippen LogP contribution in [0.1, 0.15) is 31.5 Å². The molecule has 1 aliphatic rings. The lowest BCUT2D eigenvalue weighted by molar-refractivity contribution is 0.0873. The van der Waals surface area contributed by atoms with Gasteiger partial charge in [0.2, 0.25) is 5.82 Å². The van der Waals surface area contributed by atoms with Crippen molar-refractivity contribution in [3.63, 3.8) is 0 Å². The lowest BCUT2D eigenvalue weighted by atomic mass is 9.83. The highest BCUT2D eigenvalue weighted by molar-refractivity contribution is 5.01. The Labute approximate surface area is 81.5 Å². The highest BCUT2D eigenvalue weighted by Crippen LogP contribution is 2.38. The largest absolute Gasteiger partial charge is 0.328 e. The number of halogens is 1. The Bertz CT molecular complexity index is 315. The third-order valence-electron chi connectivity index (χ3n) is 2.73. The van der Waals surface area contributed by atoms with Crippen LogP contribution < -0.4 is 5.73 Å². The van der Waals surface area contributed by atoms with Gasteiger partial charge in [0.15, 0.2) is 5.67 Å². The number of hydrogen-bond donors (Lipinski definition) is 1. The first-order chi connectivity index (χ1) is 6.60. The fraction of sp³-hybridized carbons (Fsp3) is 0.875. The van der Waals surface area contributed by atoms with Gasteiger partial charge in [-0.2, -0.15) is 4.80 Å². The van der Waals surface area contributed by atoms with Crippen molar-refractivity contribution in [2.24, 2.45) is 12.8 Å². The number of aromatic nitrogens is 4.